The summed E-state index contributed by atoms with van der Waals surface area (Å²) in [5.74, 6) is -0.231. The van der Waals surface area contributed by atoms with Crippen LogP contribution in [0.5, 0.6) is 0 Å². The Morgan fingerprint density at radius 1 is 1.50 bits per heavy atom. The molecule has 1 rings (SSSR count). The molecule has 0 saturated carbocycles. The van der Waals surface area contributed by atoms with Gasteiger partial charge in [0.2, 0.25) is 5.91 Å². The number of nitrogens with zero attached hydrogens (tertiary/aromatic N) is 1. The van der Waals surface area contributed by atoms with Crippen LogP contribution in [0.4, 0.5) is 4.79 Å². The van der Waals surface area contributed by atoms with E-state index in [-0.39, 0.29) is 5.91 Å². The van der Waals surface area contributed by atoms with E-state index in [0.717, 1.165) is 19.6 Å². The van der Waals surface area contributed by atoms with Crippen LogP contribution in [0.2, 0.25) is 0 Å². The normalized spacial score (nSPS) is 21.5. The fraction of sp³-hybridized carbons (Fsp3) is 0.800. The summed E-state index contributed by atoms with van der Waals surface area (Å²) >= 11 is 0. The van der Waals surface area contributed by atoms with Gasteiger partial charge in [-0.15, -0.1) is 0 Å². The number of urea groups is 1. The molecule has 0 aromatic heterocycles. The molecule has 0 spiro atoms. The average molecular weight is 228 g/mol. The van der Waals surface area contributed by atoms with Crippen molar-refractivity contribution in [3.8, 4) is 0 Å². The second kappa shape index (κ2) is 6.44. The molecule has 3 N–H and O–H groups in total. The van der Waals surface area contributed by atoms with Gasteiger partial charge in [0.05, 0.1) is 0 Å². The Morgan fingerprint density at radius 2 is 2.25 bits per heavy atom. The van der Waals surface area contributed by atoms with Crippen molar-refractivity contribution in [2.75, 3.05) is 33.2 Å². The van der Waals surface area contributed by atoms with Crippen molar-refractivity contribution in [1.82, 2.24) is 20.9 Å². The van der Waals surface area contributed by atoms with E-state index in [1.54, 1.807) is 0 Å². The molecular weight excluding hydrogens is 208 g/mol. The van der Waals surface area contributed by atoms with E-state index in [2.05, 4.69) is 27.8 Å². The quantitative estimate of drug-likeness (QED) is 0.587. The maximum atomic E-state index is 11.3. The van der Waals surface area contributed by atoms with Gasteiger partial charge in [-0.25, -0.2) is 4.79 Å². The molecule has 0 aromatic rings. The molecule has 3 amide bonds. The van der Waals surface area contributed by atoms with Crippen LogP contribution in [0.3, 0.4) is 0 Å². The molecular formula is C10H20N4O2. The highest BCUT2D eigenvalue weighted by atomic mass is 16.2. The van der Waals surface area contributed by atoms with Gasteiger partial charge in [0.15, 0.2) is 0 Å². The van der Waals surface area contributed by atoms with E-state index < -0.39 is 6.03 Å². The number of carbonyl (C=O) groups is 2. The Bertz CT molecular complexity index is 257. The zero-order valence-corrected chi connectivity index (χ0v) is 9.88. The second-order valence-electron chi connectivity index (χ2n) is 3.97. The van der Waals surface area contributed by atoms with Crippen LogP contribution in [0, 0.1) is 0 Å². The molecule has 16 heavy (non-hydrogen) atoms. The van der Waals surface area contributed by atoms with E-state index in [0.29, 0.717) is 19.0 Å². The van der Waals surface area contributed by atoms with Gasteiger partial charge in [-0.3, -0.25) is 15.0 Å². The van der Waals surface area contributed by atoms with Crippen LogP contribution < -0.4 is 16.0 Å². The van der Waals surface area contributed by atoms with E-state index in [1.807, 2.05) is 0 Å². The number of hydrogen-bond acceptors (Lipinski definition) is 4. The lowest BCUT2D eigenvalue weighted by Gasteiger charge is -2.33. The average Bonchev–Trinajstić information content (AvgIpc) is 2.28. The zero-order chi connectivity index (χ0) is 12.0. The summed E-state index contributed by atoms with van der Waals surface area (Å²) in [6.45, 7) is 5.70. The molecule has 1 saturated heterocycles. The number of amides is 3. The summed E-state index contributed by atoms with van der Waals surface area (Å²) < 4.78 is 0. The Kier molecular flexibility index (Phi) is 5.21. The molecule has 0 bridgehead atoms. The van der Waals surface area contributed by atoms with Gasteiger partial charge >= 0.3 is 6.03 Å². The summed E-state index contributed by atoms with van der Waals surface area (Å²) in [5.41, 5.74) is 0. The maximum absolute atomic E-state index is 11.3. The third-order valence-corrected chi connectivity index (χ3v) is 2.74. The first-order chi connectivity index (χ1) is 7.63. The number of rotatable bonds is 3. The van der Waals surface area contributed by atoms with Crippen molar-refractivity contribution in [2.24, 2.45) is 0 Å². The van der Waals surface area contributed by atoms with Crippen LogP contribution in [0.15, 0.2) is 0 Å². The predicted octanol–water partition coefficient (Wildman–Crippen LogP) is -0.874. The van der Waals surface area contributed by atoms with Crippen LogP contribution >= 0.6 is 0 Å². The third kappa shape index (κ3) is 4.16. The van der Waals surface area contributed by atoms with E-state index in [9.17, 15) is 9.59 Å². The van der Waals surface area contributed by atoms with Gasteiger partial charge < -0.3 is 10.6 Å². The first kappa shape index (κ1) is 12.9. The minimum atomic E-state index is -0.446. The standard InChI is InChI=1S/C10H20N4O2/c1-8-7-12-4-6-14(8)5-3-9(15)13-10(16)11-2/h8,12H,3-7H2,1-2H3,(H2,11,13,15,16). The highest BCUT2D eigenvalue weighted by molar-refractivity contribution is 5.94. The first-order valence-corrected chi connectivity index (χ1v) is 5.60. The molecule has 6 nitrogen and oxygen atoms in total. The number of imide groups is 1. The molecule has 0 aromatic carbocycles. The largest absolute Gasteiger partial charge is 0.341 e. The number of piperazine rings is 1. The molecule has 1 aliphatic heterocycles. The number of hydrogen-bond donors (Lipinski definition) is 3. The number of nitrogens with one attached hydrogen (secondary N) is 3. The lowest BCUT2D eigenvalue weighted by Crippen LogP contribution is -2.50. The predicted molar refractivity (Wildman–Crippen MR) is 61.1 cm³/mol. The molecule has 1 unspecified atom stereocenters. The number of carbonyl (C=O) groups excluding carboxylic acids is 2. The molecule has 0 aliphatic carbocycles. The van der Waals surface area contributed by atoms with Gasteiger partial charge in [0, 0.05) is 45.7 Å². The van der Waals surface area contributed by atoms with Crippen molar-refractivity contribution in [1.29, 1.82) is 0 Å². The van der Waals surface area contributed by atoms with Crippen molar-refractivity contribution >= 4 is 11.9 Å². The molecule has 92 valence electrons. The Hall–Kier alpha value is -1.14. The summed E-state index contributed by atoms with van der Waals surface area (Å²) in [6, 6.07) is -0.0000824. The lowest BCUT2D eigenvalue weighted by molar-refractivity contribution is -0.120. The van der Waals surface area contributed by atoms with Crippen LogP contribution in [0.1, 0.15) is 13.3 Å². The highest BCUT2D eigenvalue weighted by Gasteiger charge is 2.18. The summed E-state index contributed by atoms with van der Waals surface area (Å²) in [4.78, 5) is 24.5. The molecule has 0 radical (unpaired) electrons. The zero-order valence-electron chi connectivity index (χ0n) is 9.88. The highest BCUT2D eigenvalue weighted by Crippen LogP contribution is 2.02. The van der Waals surface area contributed by atoms with E-state index in [1.165, 1.54) is 7.05 Å². The topological polar surface area (TPSA) is 73.5 Å². The molecule has 1 atom stereocenters. The minimum Gasteiger partial charge on any atom is -0.341 e. The molecule has 1 aliphatic rings. The van der Waals surface area contributed by atoms with Crippen molar-refractivity contribution in [3.63, 3.8) is 0 Å². The Labute approximate surface area is 95.8 Å². The van der Waals surface area contributed by atoms with Crippen molar-refractivity contribution in [3.05, 3.63) is 0 Å². The van der Waals surface area contributed by atoms with Gasteiger partial charge in [-0.05, 0) is 6.92 Å². The van der Waals surface area contributed by atoms with Gasteiger partial charge in [0.25, 0.3) is 0 Å². The molecule has 1 heterocycles. The van der Waals surface area contributed by atoms with Crippen molar-refractivity contribution < 1.29 is 9.59 Å². The fourth-order valence-corrected chi connectivity index (χ4v) is 1.71. The molecule has 6 heteroatoms. The van der Waals surface area contributed by atoms with E-state index in [4.69, 9.17) is 0 Å². The monoisotopic (exact) mass is 228 g/mol. The summed E-state index contributed by atoms with van der Waals surface area (Å²) in [5, 5.41) is 7.89. The van der Waals surface area contributed by atoms with Crippen LogP contribution in [-0.4, -0.2) is 56.1 Å². The second-order valence-corrected chi connectivity index (χ2v) is 3.97. The van der Waals surface area contributed by atoms with Gasteiger partial charge in [-0.1, -0.05) is 0 Å². The van der Waals surface area contributed by atoms with Crippen LogP contribution in [-0.2, 0) is 4.79 Å². The third-order valence-electron chi connectivity index (χ3n) is 2.74. The van der Waals surface area contributed by atoms with Gasteiger partial charge in [0.1, 0.15) is 0 Å². The lowest BCUT2D eigenvalue weighted by atomic mass is 10.2. The first-order valence-electron chi connectivity index (χ1n) is 5.60. The summed E-state index contributed by atoms with van der Waals surface area (Å²) in [6.07, 6.45) is 0.359. The SMILES string of the molecule is CNC(=O)NC(=O)CCN1CCNCC1C. The maximum Gasteiger partial charge on any atom is 0.321 e. The smallest absolute Gasteiger partial charge is 0.321 e. The van der Waals surface area contributed by atoms with Crippen molar-refractivity contribution in [2.45, 2.75) is 19.4 Å². The fourth-order valence-electron chi connectivity index (χ4n) is 1.71. The summed E-state index contributed by atoms with van der Waals surface area (Å²) in [7, 11) is 1.49. The van der Waals surface area contributed by atoms with Crippen LogP contribution in [0.25, 0.3) is 0 Å². The molecule has 1 fully saturated rings. The van der Waals surface area contributed by atoms with Gasteiger partial charge in [-0.2, -0.15) is 0 Å². The van der Waals surface area contributed by atoms with E-state index >= 15 is 0 Å². The minimum absolute atomic E-state index is 0.231. The Morgan fingerprint density at radius 3 is 2.88 bits per heavy atom. The Balaban J connectivity index is 2.22.